The van der Waals surface area contributed by atoms with E-state index in [0.29, 0.717) is 119 Å². The first-order valence-corrected chi connectivity index (χ1v) is 53.4. The summed E-state index contributed by atoms with van der Waals surface area (Å²) in [5.74, 6) is 0.351. The second-order valence-electron chi connectivity index (χ2n) is 44.5. The Labute approximate surface area is 777 Å². The molecular formula is C100H154BrN11O15Si2. The van der Waals surface area contributed by atoms with Crippen LogP contribution in [0.3, 0.4) is 0 Å². The van der Waals surface area contributed by atoms with E-state index in [-0.39, 0.29) is 68.9 Å². The van der Waals surface area contributed by atoms with E-state index in [1.165, 1.54) is 20.3 Å². The summed E-state index contributed by atoms with van der Waals surface area (Å²) in [4.78, 5) is 104. The predicted octanol–water partition coefficient (Wildman–Crippen LogP) is 23.1. The molecule has 0 amide bonds. The fourth-order valence-corrected chi connectivity index (χ4v) is 19.4. The highest BCUT2D eigenvalue weighted by atomic mass is 79.9. The molecule has 714 valence electrons. The number of hydrogen-bond acceptors (Lipinski definition) is 22. The number of hydrogen-bond donors (Lipinski definition) is 6. The van der Waals surface area contributed by atoms with Gasteiger partial charge in [-0.15, -0.1) is 0 Å². The van der Waals surface area contributed by atoms with Crippen LogP contribution in [0.1, 0.15) is 307 Å². The zero-order chi connectivity index (χ0) is 96.2. The molecule has 0 saturated heterocycles. The van der Waals surface area contributed by atoms with Gasteiger partial charge in [-0.25, -0.2) is 57.8 Å². The van der Waals surface area contributed by atoms with Crippen LogP contribution in [0.5, 0.6) is 0 Å². The van der Waals surface area contributed by atoms with E-state index in [4.69, 9.17) is 62.3 Å². The van der Waals surface area contributed by atoms with Gasteiger partial charge in [0.2, 0.25) is 0 Å². The average molecular weight is 1890 g/mol. The summed E-state index contributed by atoms with van der Waals surface area (Å²) in [5.41, 5.74) is 17.0. The van der Waals surface area contributed by atoms with Crippen LogP contribution in [-0.4, -0.2) is 174 Å². The molecule has 0 fully saturated rings. The smallest absolute Gasteiger partial charge is 0.419 e. The predicted molar refractivity (Wildman–Crippen MR) is 525 cm³/mol. The molecule has 0 radical (unpaired) electrons. The Bertz CT molecular complexity index is 5350. The average Bonchev–Trinajstić information content (AvgIpc) is 1.63. The SMILES string of the molecule is CCOC(=O)c1[nH]c2cc3c(nc2c1NCCO)CCC(C(C)(C)C)C3.CCOC(=O)c1[nH]c2cc3c(nc2c1NCCO[Si](C)(C)C(C)(C)C)CCC(C(C)(C)C)C3.CCOC(=O)c1c(Br)c2nc3c(cc2n1C(=O)OC(C)(C)C)CC(C(C)(C)C)CC3.CCOC(=O)c1c(NCCO[Si](C)(C)C(C)(C)C)c2nc3c(cc2n1C(=O)OC(C)(C)C)CC(C(C)(C)C)CC3. The van der Waals surface area contributed by atoms with E-state index in [9.17, 15) is 28.8 Å². The van der Waals surface area contributed by atoms with Crippen molar-refractivity contribution in [3.63, 3.8) is 0 Å². The van der Waals surface area contributed by atoms with Crippen LogP contribution in [-0.2, 0) is 88.6 Å². The van der Waals surface area contributed by atoms with Crippen molar-refractivity contribution >= 4 is 130 Å². The van der Waals surface area contributed by atoms with Crippen LogP contribution in [0, 0.1) is 45.3 Å². The lowest BCUT2D eigenvalue weighted by Gasteiger charge is -2.36. The first-order chi connectivity index (χ1) is 59.7. The largest absolute Gasteiger partial charge is 0.461 e. The van der Waals surface area contributed by atoms with Gasteiger partial charge in [0.15, 0.2) is 39.4 Å². The van der Waals surface area contributed by atoms with Crippen molar-refractivity contribution in [2.24, 2.45) is 45.3 Å². The summed E-state index contributed by atoms with van der Waals surface area (Å²) in [7, 11) is -3.78. The molecule has 12 rings (SSSR count). The molecule has 129 heavy (non-hydrogen) atoms. The molecule has 6 N–H and O–H groups in total. The normalized spacial score (nSPS) is 16.9. The monoisotopic (exact) mass is 1880 g/mol. The number of aliphatic hydroxyl groups excluding tert-OH is 1. The molecule has 26 nitrogen and oxygen atoms in total. The number of anilines is 3. The number of aryl methyl sites for hydroxylation is 4. The highest BCUT2D eigenvalue weighted by Crippen LogP contribution is 2.47. The number of esters is 4. The van der Waals surface area contributed by atoms with E-state index in [2.05, 4.69) is 205 Å². The zero-order valence-electron chi connectivity index (χ0n) is 83.9. The first-order valence-electron chi connectivity index (χ1n) is 46.8. The Kier molecular flexibility index (Phi) is 33.3. The molecule has 0 spiro atoms. The zero-order valence-corrected chi connectivity index (χ0v) is 87.5. The lowest BCUT2D eigenvalue weighted by Crippen LogP contribution is -2.41. The number of aliphatic hydroxyl groups is 1. The number of aromatic amines is 2. The highest BCUT2D eigenvalue weighted by molar-refractivity contribution is 9.10. The molecule has 8 aromatic heterocycles. The fourth-order valence-electron chi connectivity index (χ4n) is 16.7. The number of nitrogens with zero attached hydrogens (tertiary/aromatic N) is 6. The molecule has 0 aliphatic heterocycles. The summed E-state index contributed by atoms with van der Waals surface area (Å²) in [5, 5.41) is 19.4. The molecule has 0 aromatic carbocycles. The molecule has 4 atom stereocenters. The van der Waals surface area contributed by atoms with Gasteiger partial charge < -0.3 is 68.3 Å². The van der Waals surface area contributed by atoms with Crippen LogP contribution in [0.15, 0.2) is 28.7 Å². The van der Waals surface area contributed by atoms with Gasteiger partial charge in [-0.3, -0.25) is 0 Å². The maximum absolute atomic E-state index is 13.6. The number of carbonyl (C=O) groups excluding carboxylic acids is 6. The Morgan fingerprint density at radius 3 is 1.04 bits per heavy atom. The van der Waals surface area contributed by atoms with Gasteiger partial charge in [0, 0.05) is 42.4 Å². The first kappa shape index (κ1) is 104. The minimum absolute atomic E-state index is 0.0207. The van der Waals surface area contributed by atoms with Crippen molar-refractivity contribution in [1.82, 2.24) is 39.0 Å². The third kappa shape index (κ3) is 25.4. The third-order valence-electron chi connectivity index (χ3n) is 26.5. The Balaban J connectivity index is 0.000000196. The highest BCUT2D eigenvalue weighted by Gasteiger charge is 2.42. The van der Waals surface area contributed by atoms with Crippen LogP contribution < -0.4 is 16.0 Å². The molecule has 0 bridgehead atoms. The Morgan fingerprint density at radius 2 is 0.713 bits per heavy atom. The van der Waals surface area contributed by atoms with Gasteiger partial charge in [0.1, 0.15) is 33.3 Å². The molecule has 8 heterocycles. The van der Waals surface area contributed by atoms with Crippen molar-refractivity contribution in [2.75, 3.05) is 81.8 Å². The number of carbonyl (C=O) groups is 6. The standard InChI is InChI=1S/C31H51N3O5Si.C26H43N3O3Si.C23H31BrN2O4.C20H29N3O3/c1-13-37-27(35)26-25(32-16-17-38-40(11,12)31(8,9)10)24-23(34(26)28(36)39-30(5,6)7)19-20-18-21(29(2,3)4)14-15-22(20)33-24;1-10-31-24(30)23-22(27-13-14-32-33(8,9)26(5,6)7)21-20(29-23)16-17-15-18(25(2,3)4)11-12-19(17)28-21;1-8-29-20(27)19-17(24)18-16(26(19)21(28)30-23(5,6)7)12-13-11-14(22(2,3)4)9-10-15(13)25-18;1-5-26-19(25)18-17(21-8-9-24)16-15(23-18)11-12-10-13(20(2,3)4)6-7-14(12)22-16/h19,21,32H,13-18H2,1-12H3;16,18,27,29H,10-15H2,1-9H3;12,14H,8-11H2,1-7H3;11,13,21,23-24H,5-10H2,1-4H3. The van der Waals surface area contributed by atoms with Crippen molar-refractivity contribution in [3.8, 4) is 0 Å². The molecule has 4 aliphatic rings. The van der Waals surface area contributed by atoms with Crippen LogP contribution in [0.2, 0.25) is 36.3 Å². The molecule has 8 aromatic rings. The molecule has 4 unspecified atom stereocenters. The van der Waals surface area contributed by atoms with Gasteiger partial charge in [-0.1, -0.05) is 125 Å². The van der Waals surface area contributed by atoms with Crippen molar-refractivity contribution < 1.29 is 71.1 Å². The number of H-pyrrole nitrogens is 2. The van der Waals surface area contributed by atoms with E-state index in [1.807, 2.05) is 39.8 Å². The van der Waals surface area contributed by atoms with Gasteiger partial charge in [0.05, 0.1) is 89.8 Å². The van der Waals surface area contributed by atoms with Gasteiger partial charge in [-0.05, 0) is 290 Å². The molecule has 0 saturated carbocycles. The topological polar surface area (TPSA) is 326 Å². The maximum Gasteiger partial charge on any atom is 0.419 e. The second-order valence-corrected chi connectivity index (χ2v) is 54.9. The lowest BCUT2D eigenvalue weighted by molar-refractivity contribution is 0.0452. The van der Waals surface area contributed by atoms with Gasteiger partial charge >= 0.3 is 36.1 Å². The minimum Gasteiger partial charge on any atom is -0.461 e. The third-order valence-corrected chi connectivity index (χ3v) is 36.4. The number of halogens is 1. The second kappa shape index (κ2) is 41.1. The van der Waals surface area contributed by atoms with Crippen LogP contribution in [0.25, 0.3) is 44.1 Å². The number of fused-ring (bicyclic) bond motifs is 8. The van der Waals surface area contributed by atoms with Crippen LogP contribution in [0.4, 0.5) is 26.7 Å². The Hall–Kier alpha value is -8.23. The molecule has 29 heteroatoms. The summed E-state index contributed by atoms with van der Waals surface area (Å²) >= 11 is 3.50. The van der Waals surface area contributed by atoms with E-state index in [1.54, 1.807) is 41.5 Å². The number of aromatic nitrogens is 8. The van der Waals surface area contributed by atoms with Crippen LogP contribution >= 0.6 is 15.9 Å². The maximum atomic E-state index is 13.6. The van der Waals surface area contributed by atoms with Gasteiger partial charge in [0.25, 0.3) is 0 Å². The van der Waals surface area contributed by atoms with Crippen molar-refractivity contribution in [3.05, 3.63) is 96.5 Å². The summed E-state index contributed by atoms with van der Waals surface area (Å²) in [6.07, 6.45) is 10.6. The number of pyridine rings is 4. The minimum atomic E-state index is -1.95. The number of rotatable bonds is 21. The quantitative estimate of drug-likeness (QED) is 0.0168. The molecular weight excluding hydrogens is 1730 g/mol. The molecule has 4 aliphatic carbocycles. The lowest BCUT2D eigenvalue weighted by atomic mass is 9.71. The number of nitrogens with one attached hydrogen (secondary N) is 5. The van der Waals surface area contributed by atoms with E-state index < -0.39 is 57.9 Å². The van der Waals surface area contributed by atoms with E-state index in [0.717, 1.165) is 139 Å². The summed E-state index contributed by atoms with van der Waals surface area (Å²) in [6.45, 7) is 71.0. The fraction of sp³-hybridized carbons (Fsp3) is 0.660. The van der Waals surface area contributed by atoms with Gasteiger partial charge in [-0.2, -0.15) is 0 Å². The van der Waals surface area contributed by atoms with E-state index >= 15 is 0 Å². The van der Waals surface area contributed by atoms with Crippen molar-refractivity contribution in [1.29, 1.82) is 0 Å². The van der Waals surface area contributed by atoms with Crippen molar-refractivity contribution in [2.45, 2.75) is 318 Å². The summed E-state index contributed by atoms with van der Waals surface area (Å²) < 4.78 is 48.4. The Morgan fingerprint density at radius 1 is 0.419 bits per heavy atom. The summed E-state index contributed by atoms with van der Waals surface area (Å²) in [6, 6.07) is 8.34. The number of ether oxygens (including phenoxy) is 6.